The van der Waals surface area contributed by atoms with Crippen molar-refractivity contribution in [1.82, 2.24) is 15.5 Å². The quantitative estimate of drug-likeness (QED) is 0.622. The third kappa shape index (κ3) is 5.32. The monoisotopic (exact) mass is 348 g/mol. The first-order chi connectivity index (χ1) is 11.5. The van der Waals surface area contributed by atoms with Crippen LogP contribution in [0.15, 0.2) is 41.4 Å². The number of aryl methyl sites for hydroxylation is 1. The zero-order valence-corrected chi connectivity index (χ0v) is 15.5. The Hall–Kier alpha value is -1.92. The minimum Gasteiger partial charge on any atom is -0.354 e. The van der Waals surface area contributed by atoms with Gasteiger partial charge in [-0.15, -0.1) is 11.3 Å². The lowest BCUT2D eigenvalue weighted by Crippen LogP contribution is -2.41. The van der Waals surface area contributed by atoms with Crippen molar-refractivity contribution in [1.29, 1.82) is 0 Å². The predicted octanol–water partition coefficient (Wildman–Crippen LogP) is 3.16. The summed E-state index contributed by atoms with van der Waals surface area (Å²) >= 11 is 1.77. The van der Waals surface area contributed by atoms with Crippen molar-refractivity contribution in [2.45, 2.75) is 19.5 Å². The van der Waals surface area contributed by atoms with E-state index >= 15 is 0 Å². The second-order valence-corrected chi connectivity index (χ2v) is 7.23. The molecule has 0 aliphatic heterocycles. The molecule has 0 saturated carbocycles. The van der Waals surface area contributed by atoms with Crippen LogP contribution in [0.3, 0.4) is 0 Å². The fourth-order valence-electron chi connectivity index (χ4n) is 2.48. The maximum atomic E-state index is 13.5. The van der Waals surface area contributed by atoms with Crippen LogP contribution in [-0.2, 0) is 6.54 Å². The number of hydrogen-bond donors (Lipinski definition) is 2. The van der Waals surface area contributed by atoms with Crippen molar-refractivity contribution < 1.29 is 4.39 Å². The number of halogens is 1. The van der Waals surface area contributed by atoms with Crippen LogP contribution in [0.25, 0.3) is 0 Å². The van der Waals surface area contributed by atoms with Gasteiger partial charge in [0.25, 0.3) is 0 Å². The molecule has 0 fully saturated rings. The second kappa shape index (κ2) is 8.80. The Labute approximate surface area is 147 Å². The van der Waals surface area contributed by atoms with Gasteiger partial charge in [0.2, 0.25) is 0 Å². The van der Waals surface area contributed by atoms with E-state index in [1.165, 1.54) is 15.8 Å². The summed E-state index contributed by atoms with van der Waals surface area (Å²) in [5.74, 6) is 0.527. The summed E-state index contributed by atoms with van der Waals surface area (Å²) in [5, 5.41) is 6.64. The van der Waals surface area contributed by atoms with E-state index in [-0.39, 0.29) is 11.9 Å². The molecule has 0 spiro atoms. The number of thiophene rings is 1. The first-order valence-electron chi connectivity index (χ1n) is 7.91. The molecular formula is C18H25FN4S. The minimum atomic E-state index is -0.213. The molecule has 2 rings (SSSR count). The van der Waals surface area contributed by atoms with E-state index in [1.54, 1.807) is 30.5 Å². The van der Waals surface area contributed by atoms with E-state index in [1.807, 2.05) is 20.2 Å². The first kappa shape index (κ1) is 18.4. The first-order valence-corrected chi connectivity index (χ1v) is 8.73. The van der Waals surface area contributed by atoms with Crippen LogP contribution in [0.1, 0.15) is 21.4 Å². The van der Waals surface area contributed by atoms with Gasteiger partial charge in [-0.3, -0.25) is 4.99 Å². The zero-order chi connectivity index (χ0) is 17.5. The van der Waals surface area contributed by atoms with Crippen molar-refractivity contribution >= 4 is 17.3 Å². The summed E-state index contributed by atoms with van der Waals surface area (Å²) in [6.45, 7) is 3.48. The molecule has 130 valence electrons. The Morgan fingerprint density at radius 2 is 2.04 bits per heavy atom. The van der Waals surface area contributed by atoms with Gasteiger partial charge in [-0.1, -0.05) is 12.1 Å². The van der Waals surface area contributed by atoms with Crippen LogP contribution in [0, 0.1) is 12.7 Å². The second-order valence-electron chi connectivity index (χ2n) is 5.85. The average molecular weight is 348 g/mol. The topological polar surface area (TPSA) is 39.7 Å². The molecule has 4 nitrogen and oxygen atoms in total. The highest BCUT2D eigenvalue weighted by molar-refractivity contribution is 7.11. The van der Waals surface area contributed by atoms with Gasteiger partial charge < -0.3 is 15.5 Å². The van der Waals surface area contributed by atoms with Gasteiger partial charge in [0.1, 0.15) is 5.82 Å². The number of likely N-dealkylation sites (N-methyl/N-ethyl adjacent to an activating group) is 1. The minimum absolute atomic E-state index is 0.0585. The molecule has 0 aliphatic rings. The molecule has 24 heavy (non-hydrogen) atoms. The van der Waals surface area contributed by atoms with E-state index < -0.39 is 0 Å². The van der Waals surface area contributed by atoms with Gasteiger partial charge in [-0.05, 0) is 50.8 Å². The van der Waals surface area contributed by atoms with Crippen LogP contribution < -0.4 is 10.6 Å². The maximum Gasteiger partial charge on any atom is 0.191 e. The Morgan fingerprint density at radius 1 is 1.25 bits per heavy atom. The molecule has 2 N–H and O–H groups in total. The van der Waals surface area contributed by atoms with E-state index in [4.69, 9.17) is 0 Å². The number of nitrogens with zero attached hydrogens (tertiary/aromatic N) is 2. The Balaban J connectivity index is 1.94. The van der Waals surface area contributed by atoms with Gasteiger partial charge in [0.05, 0.1) is 12.6 Å². The average Bonchev–Trinajstić information content (AvgIpc) is 2.96. The summed E-state index contributed by atoms with van der Waals surface area (Å²) in [6, 6.07) is 11.0. The third-order valence-electron chi connectivity index (χ3n) is 3.77. The van der Waals surface area contributed by atoms with Crippen molar-refractivity contribution in [2.24, 2.45) is 4.99 Å². The largest absolute Gasteiger partial charge is 0.354 e. The lowest BCUT2D eigenvalue weighted by atomic mass is 10.1. The summed E-state index contributed by atoms with van der Waals surface area (Å²) in [5.41, 5.74) is 0.942. The number of nitrogens with one attached hydrogen (secondary N) is 2. The highest BCUT2D eigenvalue weighted by Gasteiger charge is 2.15. The van der Waals surface area contributed by atoms with Crippen LogP contribution in [0.4, 0.5) is 4.39 Å². The van der Waals surface area contributed by atoms with Crippen LogP contribution in [-0.4, -0.2) is 38.5 Å². The molecule has 1 heterocycles. The Morgan fingerprint density at radius 3 is 2.62 bits per heavy atom. The van der Waals surface area contributed by atoms with Crippen molar-refractivity contribution in [3.63, 3.8) is 0 Å². The summed E-state index contributed by atoms with van der Waals surface area (Å²) < 4.78 is 13.5. The van der Waals surface area contributed by atoms with Gasteiger partial charge in [0.15, 0.2) is 5.96 Å². The summed E-state index contributed by atoms with van der Waals surface area (Å²) in [7, 11) is 5.73. The van der Waals surface area contributed by atoms with E-state index in [9.17, 15) is 4.39 Å². The lowest BCUT2D eigenvalue weighted by Gasteiger charge is -2.26. The number of hydrogen-bond acceptors (Lipinski definition) is 3. The molecule has 1 atom stereocenters. The van der Waals surface area contributed by atoms with Crippen LogP contribution >= 0.6 is 11.3 Å². The lowest BCUT2D eigenvalue weighted by molar-refractivity contribution is 0.297. The summed E-state index contributed by atoms with van der Waals surface area (Å²) in [6.07, 6.45) is 0. The zero-order valence-electron chi connectivity index (χ0n) is 14.6. The number of rotatable bonds is 6. The molecule has 0 amide bonds. The van der Waals surface area contributed by atoms with Crippen molar-refractivity contribution in [3.05, 3.63) is 57.5 Å². The highest BCUT2D eigenvalue weighted by Crippen LogP contribution is 2.18. The van der Waals surface area contributed by atoms with Crippen molar-refractivity contribution in [3.8, 4) is 0 Å². The number of aliphatic imine (C=N–C) groups is 1. The molecule has 2 aromatic rings. The molecular weight excluding hydrogens is 323 g/mol. The van der Waals surface area contributed by atoms with Crippen LogP contribution in [0.2, 0.25) is 0 Å². The molecule has 0 bridgehead atoms. The van der Waals surface area contributed by atoms with Crippen molar-refractivity contribution in [2.75, 3.05) is 27.7 Å². The van der Waals surface area contributed by atoms with E-state index in [2.05, 4.69) is 39.6 Å². The maximum absolute atomic E-state index is 13.5. The molecule has 0 radical (unpaired) electrons. The smallest absolute Gasteiger partial charge is 0.191 e. The third-order valence-corrected chi connectivity index (χ3v) is 4.77. The van der Waals surface area contributed by atoms with E-state index in [0.717, 1.165) is 18.1 Å². The highest BCUT2D eigenvalue weighted by atomic mass is 32.1. The van der Waals surface area contributed by atoms with Gasteiger partial charge >= 0.3 is 0 Å². The standard InChI is InChI=1S/C18H25FN4S/c1-13-8-9-16(24-13)11-21-18(20-2)22-12-17(23(3)4)14-6-5-7-15(19)10-14/h5-10,17H,11-12H2,1-4H3,(H2,20,21,22). The Bertz CT molecular complexity index is 681. The van der Waals surface area contributed by atoms with Gasteiger partial charge in [-0.2, -0.15) is 0 Å². The van der Waals surface area contributed by atoms with E-state index in [0.29, 0.717) is 6.54 Å². The molecule has 0 aliphatic carbocycles. The normalized spacial score (nSPS) is 13.2. The summed E-state index contributed by atoms with van der Waals surface area (Å²) in [4.78, 5) is 8.89. The fraction of sp³-hybridized carbons (Fsp3) is 0.389. The molecule has 1 unspecified atom stereocenters. The number of guanidine groups is 1. The number of benzene rings is 1. The van der Waals surface area contributed by atoms with Gasteiger partial charge in [0, 0.05) is 23.3 Å². The molecule has 6 heteroatoms. The SMILES string of the molecule is CN=C(NCc1ccc(C)s1)NCC(c1cccc(F)c1)N(C)C. The molecule has 1 aromatic carbocycles. The fourth-order valence-corrected chi connectivity index (χ4v) is 3.31. The Kier molecular flexibility index (Phi) is 6.75. The van der Waals surface area contributed by atoms with Crippen LogP contribution in [0.5, 0.6) is 0 Å². The predicted molar refractivity (Wildman–Crippen MR) is 100 cm³/mol. The van der Waals surface area contributed by atoms with Gasteiger partial charge in [-0.25, -0.2) is 4.39 Å². The molecule has 0 saturated heterocycles. The molecule has 1 aromatic heterocycles.